The van der Waals surface area contributed by atoms with Crippen LogP contribution in [0.15, 0.2) is 34.7 Å². The lowest BCUT2D eigenvalue weighted by molar-refractivity contribution is 0.442. The zero-order valence-electron chi connectivity index (χ0n) is 10.9. The minimum atomic E-state index is 0.130. The second-order valence-corrected chi connectivity index (χ2v) is 4.48. The molecule has 0 spiro atoms. The summed E-state index contributed by atoms with van der Waals surface area (Å²) in [4.78, 5) is 0. The van der Waals surface area contributed by atoms with Crippen LogP contribution in [0.1, 0.15) is 34.3 Å². The molecule has 0 aliphatic carbocycles. The Morgan fingerprint density at radius 3 is 2.12 bits per heavy atom. The minimum Gasteiger partial charge on any atom is -0.464 e. The summed E-state index contributed by atoms with van der Waals surface area (Å²) in [7, 11) is 1.97. The van der Waals surface area contributed by atoms with Gasteiger partial charge in [0.1, 0.15) is 11.5 Å². The SMILES string of the molecule is CNC(c1ccc(C)o1)c1c(C)cccc1C. The van der Waals surface area contributed by atoms with Crippen molar-refractivity contribution in [2.75, 3.05) is 7.05 Å². The minimum absolute atomic E-state index is 0.130. The monoisotopic (exact) mass is 229 g/mol. The molecular formula is C15H19NO. The molecule has 1 aromatic carbocycles. The molecule has 1 unspecified atom stereocenters. The Kier molecular flexibility index (Phi) is 3.34. The molecule has 0 fully saturated rings. The van der Waals surface area contributed by atoms with Crippen LogP contribution in [0.4, 0.5) is 0 Å². The van der Waals surface area contributed by atoms with Gasteiger partial charge in [-0.15, -0.1) is 0 Å². The van der Waals surface area contributed by atoms with Crippen molar-refractivity contribution in [2.24, 2.45) is 0 Å². The Balaban J connectivity index is 2.49. The molecule has 0 aliphatic rings. The highest BCUT2D eigenvalue weighted by atomic mass is 16.3. The Morgan fingerprint density at radius 2 is 1.65 bits per heavy atom. The average Bonchev–Trinajstić information content (AvgIpc) is 2.70. The second-order valence-electron chi connectivity index (χ2n) is 4.48. The zero-order valence-corrected chi connectivity index (χ0v) is 10.9. The number of hydrogen-bond acceptors (Lipinski definition) is 2. The van der Waals surface area contributed by atoms with Crippen molar-refractivity contribution in [2.45, 2.75) is 26.8 Å². The smallest absolute Gasteiger partial charge is 0.125 e. The van der Waals surface area contributed by atoms with E-state index in [0.717, 1.165) is 11.5 Å². The lowest BCUT2D eigenvalue weighted by atomic mass is 9.95. The number of rotatable bonds is 3. The molecule has 2 heteroatoms. The second kappa shape index (κ2) is 4.76. The largest absolute Gasteiger partial charge is 0.464 e. The van der Waals surface area contributed by atoms with Crippen LogP contribution in [0.2, 0.25) is 0 Å². The van der Waals surface area contributed by atoms with Crippen LogP contribution in [-0.2, 0) is 0 Å². The lowest BCUT2D eigenvalue weighted by Gasteiger charge is -2.19. The van der Waals surface area contributed by atoms with Crippen LogP contribution in [-0.4, -0.2) is 7.05 Å². The van der Waals surface area contributed by atoms with E-state index in [1.807, 2.05) is 26.1 Å². The molecule has 17 heavy (non-hydrogen) atoms. The molecule has 1 aromatic heterocycles. The Morgan fingerprint density at radius 1 is 1.00 bits per heavy atom. The highest BCUT2D eigenvalue weighted by Crippen LogP contribution is 2.28. The first-order chi connectivity index (χ1) is 8.13. The van der Waals surface area contributed by atoms with Gasteiger partial charge in [0, 0.05) is 0 Å². The van der Waals surface area contributed by atoms with Crippen molar-refractivity contribution in [3.63, 3.8) is 0 Å². The molecule has 2 aromatic rings. The number of aryl methyl sites for hydroxylation is 3. The van der Waals surface area contributed by atoms with Crippen molar-refractivity contribution in [3.05, 3.63) is 58.5 Å². The van der Waals surface area contributed by atoms with E-state index in [1.165, 1.54) is 16.7 Å². The fourth-order valence-electron chi connectivity index (χ4n) is 2.32. The van der Waals surface area contributed by atoms with Gasteiger partial charge >= 0.3 is 0 Å². The number of furan rings is 1. The van der Waals surface area contributed by atoms with Gasteiger partial charge in [0.05, 0.1) is 6.04 Å². The Labute approximate surface area is 103 Å². The molecule has 0 amide bonds. The Bertz CT molecular complexity index is 493. The van der Waals surface area contributed by atoms with Crippen molar-refractivity contribution in [1.29, 1.82) is 0 Å². The van der Waals surface area contributed by atoms with Crippen LogP contribution in [0.5, 0.6) is 0 Å². The molecule has 0 aliphatic heterocycles. The van der Waals surface area contributed by atoms with Gasteiger partial charge in [0.15, 0.2) is 0 Å². The maximum atomic E-state index is 5.74. The summed E-state index contributed by atoms with van der Waals surface area (Å²) in [6.07, 6.45) is 0. The Hall–Kier alpha value is -1.54. The molecule has 1 heterocycles. The van der Waals surface area contributed by atoms with Crippen molar-refractivity contribution in [1.82, 2.24) is 5.32 Å². The van der Waals surface area contributed by atoms with Crippen LogP contribution >= 0.6 is 0 Å². The van der Waals surface area contributed by atoms with Gasteiger partial charge in [-0.05, 0) is 56.6 Å². The molecule has 2 nitrogen and oxygen atoms in total. The van der Waals surface area contributed by atoms with E-state index < -0.39 is 0 Å². The van der Waals surface area contributed by atoms with Gasteiger partial charge in [-0.3, -0.25) is 0 Å². The van der Waals surface area contributed by atoms with Gasteiger partial charge in [-0.25, -0.2) is 0 Å². The van der Waals surface area contributed by atoms with Crippen molar-refractivity contribution >= 4 is 0 Å². The van der Waals surface area contributed by atoms with Crippen molar-refractivity contribution < 1.29 is 4.42 Å². The third-order valence-corrected chi connectivity index (χ3v) is 3.17. The van der Waals surface area contributed by atoms with Gasteiger partial charge in [0.2, 0.25) is 0 Å². The summed E-state index contributed by atoms with van der Waals surface area (Å²) in [5.74, 6) is 1.92. The number of hydrogen-bond donors (Lipinski definition) is 1. The molecule has 2 rings (SSSR count). The van der Waals surface area contributed by atoms with E-state index in [-0.39, 0.29) is 6.04 Å². The normalized spacial score (nSPS) is 12.7. The van der Waals surface area contributed by atoms with Crippen molar-refractivity contribution in [3.8, 4) is 0 Å². The zero-order chi connectivity index (χ0) is 12.4. The first-order valence-corrected chi connectivity index (χ1v) is 5.93. The number of benzene rings is 1. The predicted molar refractivity (Wildman–Crippen MR) is 70.3 cm³/mol. The molecule has 0 radical (unpaired) electrons. The van der Waals surface area contributed by atoms with Crippen LogP contribution in [0, 0.1) is 20.8 Å². The van der Waals surface area contributed by atoms with Gasteiger partial charge in [0.25, 0.3) is 0 Å². The summed E-state index contributed by atoms with van der Waals surface area (Å²) in [6.45, 7) is 6.26. The van der Waals surface area contributed by atoms with E-state index >= 15 is 0 Å². The average molecular weight is 229 g/mol. The molecular weight excluding hydrogens is 210 g/mol. The highest BCUT2D eigenvalue weighted by Gasteiger charge is 2.19. The summed E-state index contributed by atoms with van der Waals surface area (Å²) < 4.78 is 5.74. The van der Waals surface area contributed by atoms with Crippen LogP contribution in [0.3, 0.4) is 0 Å². The first-order valence-electron chi connectivity index (χ1n) is 5.93. The van der Waals surface area contributed by atoms with Crippen LogP contribution < -0.4 is 5.32 Å². The fourth-order valence-corrected chi connectivity index (χ4v) is 2.32. The first kappa shape index (κ1) is 11.9. The standard InChI is InChI=1S/C15H19NO/c1-10-6-5-7-11(2)14(10)15(16-4)13-9-8-12(3)17-13/h5-9,15-16H,1-4H3. The van der Waals surface area contributed by atoms with Gasteiger partial charge < -0.3 is 9.73 Å². The highest BCUT2D eigenvalue weighted by molar-refractivity contribution is 5.39. The van der Waals surface area contributed by atoms with Gasteiger partial charge in [-0.2, -0.15) is 0 Å². The summed E-state index contributed by atoms with van der Waals surface area (Å²) in [5, 5.41) is 3.34. The lowest BCUT2D eigenvalue weighted by Crippen LogP contribution is -2.19. The maximum Gasteiger partial charge on any atom is 0.125 e. The molecule has 0 bridgehead atoms. The van der Waals surface area contributed by atoms with E-state index in [9.17, 15) is 0 Å². The third kappa shape index (κ3) is 2.27. The maximum absolute atomic E-state index is 5.74. The molecule has 1 N–H and O–H groups in total. The van der Waals surface area contributed by atoms with Crippen LogP contribution in [0.25, 0.3) is 0 Å². The molecule has 0 saturated carbocycles. The summed E-state index contributed by atoms with van der Waals surface area (Å²) in [6, 6.07) is 10.6. The molecule has 90 valence electrons. The van der Waals surface area contributed by atoms with E-state index in [0.29, 0.717) is 0 Å². The number of nitrogens with one attached hydrogen (secondary N) is 1. The van der Waals surface area contributed by atoms with E-state index in [1.54, 1.807) is 0 Å². The fraction of sp³-hybridized carbons (Fsp3) is 0.333. The quantitative estimate of drug-likeness (QED) is 0.871. The molecule has 1 atom stereocenters. The van der Waals surface area contributed by atoms with E-state index in [4.69, 9.17) is 4.42 Å². The molecule has 0 saturated heterocycles. The summed E-state index contributed by atoms with van der Waals surface area (Å²) >= 11 is 0. The van der Waals surface area contributed by atoms with E-state index in [2.05, 4.69) is 37.4 Å². The summed E-state index contributed by atoms with van der Waals surface area (Å²) in [5.41, 5.74) is 3.89. The van der Waals surface area contributed by atoms with Gasteiger partial charge in [-0.1, -0.05) is 18.2 Å². The predicted octanol–water partition coefficient (Wildman–Crippen LogP) is 3.51. The third-order valence-electron chi connectivity index (χ3n) is 3.17. The topological polar surface area (TPSA) is 25.2 Å².